The van der Waals surface area contributed by atoms with E-state index in [-0.39, 0.29) is 28.9 Å². The van der Waals surface area contributed by atoms with Crippen LogP contribution >= 0.6 is 0 Å². The predicted octanol–water partition coefficient (Wildman–Crippen LogP) is 3.80. The standard InChI is InChI=1S/C24H26N6O3/c1-24(2,3)22-29-21(33-30-22)20(31)26-17-7-5-4-6-13-12-14(8-9-15(13)17)16-10-11-25-19-18(16)27-23(32)28-19/h8-12,17H,4-7H2,1-3H3,(H,26,31)(H2,25,27,28,32). The maximum absolute atomic E-state index is 12.9. The molecule has 5 rings (SSSR count). The number of benzene rings is 1. The van der Waals surface area contributed by atoms with Crippen LogP contribution in [0, 0.1) is 0 Å². The van der Waals surface area contributed by atoms with Crippen LogP contribution in [0.3, 0.4) is 0 Å². The molecule has 1 unspecified atom stereocenters. The first-order chi connectivity index (χ1) is 15.8. The van der Waals surface area contributed by atoms with Gasteiger partial charge in [-0.3, -0.25) is 9.78 Å². The summed E-state index contributed by atoms with van der Waals surface area (Å²) in [6.45, 7) is 5.91. The second kappa shape index (κ2) is 7.99. The largest absolute Gasteiger partial charge is 0.341 e. The zero-order valence-electron chi connectivity index (χ0n) is 18.9. The molecule has 0 fully saturated rings. The molecule has 170 valence electrons. The Kier molecular flexibility index (Phi) is 5.11. The first kappa shape index (κ1) is 21.1. The van der Waals surface area contributed by atoms with E-state index in [1.807, 2.05) is 32.9 Å². The number of amides is 1. The fourth-order valence-electron chi connectivity index (χ4n) is 4.32. The van der Waals surface area contributed by atoms with Gasteiger partial charge in [-0.05, 0) is 42.0 Å². The van der Waals surface area contributed by atoms with Gasteiger partial charge in [0.05, 0.1) is 11.6 Å². The van der Waals surface area contributed by atoms with Gasteiger partial charge < -0.3 is 14.8 Å². The lowest BCUT2D eigenvalue weighted by atomic mass is 9.94. The molecular formula is C24H26N6O3. The average molecular weight is 447 g/mol. The van der Waals surface area contributed by atoms with Crippen molar-refractivity contribution in [2.75, 3.05) is 0 Å². The Morgan fingerprint density at radius 1 is 1.18 bits per heavy atom. The van der Waals surface area contributed by atoms with Crippen molar-refractivity contribution in [2.24, 2.45) is 0 Å². The van der Waals surface area contributed by atoms with E-state index in [1.165, 1.54) is 5.56 Å². The van der Waals surface area contributed by atoms with E-state index in [9.17, 15) is 9.59 Å². The molecule has 33 heavy (non-hydrogen) atoms. The van der Waals surface area contributed by atoms with Crippen molar-refractivity contribution in [3.05, 3.63) is 63.8 Å². The zero-order chi connectivity index (χ0) is 23.2. The number of nitrogens with zero attached hydrogens (tertiary/aromatic N) is 3. The summed E-state index contributed by atoms with van der Waals surface area (Å²) in [6, 6.07) is 7.98. The van der Waals surface area contributed by atoms with Crippen LogP contribution in [0.1, 0.15) is 73.7 Å². The topological polar surface area (TPSA) is 130 Å². The number of carbonyl (C=O) groups is 1. The number of fused-ring (bicyclic) bond motifs is 2. The highest BCUT2D eigenvalue weighted by molar-refractivity contribution is 5.90. The van der Waals surface area contributed by atoms with Gasteiger partial charge in [0.2, 0.25) is 0 Å². The van der Waals surface area contributed by atoms with Gasteiger partial charge in [0, 0.05) is 17.2 Å². The van der Waals surface area contributed by atoms with Crippen molar-refractivity contribution < 1.29 is 9.32 Å². The van der Waals surface area contributed by atoms with Gasteiger partial charge in [-0.25, -0.2) is 9.78 Å². The number of rotatable bonds is 3. The van der Waals surface area contributed by atoms with Gasteiger partial charge in [0.1, 0.15) is 0 Å². The highest BCUT2D eigenvalue weighted by atomic mass is 16.5. The number of hydrogen-bond donors (Lipinski definition) is 3. The van der Waals surface area contributed by atoms with Crippen molar-refractivity contribution >= 4 is 17.1 Å². The summed E-state index contributed by atoms with van der Waals surface area (Å²) < 4.78 is 5.22. The van der Waals surface area contributed by atoms with Gasteiger partial charge in [0.15, 0.2) is 11.5 Å². The maximum atomic E-state index is 12.9. The van der Waals surface area contributed by atoms with Gasteiger partial charge in [-0.1, -0.05) is 50.5 Å². The third-order valence-corrected chi connectivity index (χ3v) is 6.04. The molecule has 1 amide bonds. The van der Waals surface area contributed by atoms with Crippen LogP contribution < -0.4 is 11.0 Å². The minimum absolute atomic E-state index is 0.0158. The van der Waals surface area contributed by atoms with Crippen LogP contribution in [0.5, 0.6) is 0 Å². The molecule has 0 spiro atoms. The van der Waals surface area contributed by atoms with Crippen LogP contribution in [0.4, 0.5) is 0 Å². The van der Waals surface area contributed by atoms with Crippen molar-refractivity contribution in [1.82, 2.24) is 30.4 Å². The predicted molar refractivity (Wildman–Crippen MR) is 123 cm³/mol. The van der Waals surface area contributed by atoms with Gasteiger partial charge >= 0.3 is 17.5 Å². The number of aryl methyl sites for hydroxylation is 1. The fraction of sp³-hybridized carbons (Fsp3) is 0.375. The number of H-pyrrole nitrogens is 2. The van der Waals surface area contributed by atoms with E-state index < -0.39 is 0 Å². The molecule has 0 saturated carbocycles. The fourth-order valence-corrected chi connectivity index (χ4v) is 4.32. The molecule has 1 aliphatic carbocycles. The van der Waals surface area contributed by atoms with E-state index >= 15 is 0 Å². The van der Waals surface area contributed by atoms with Crippen molar-refractivity contribution in [3.63, 3.8) is 0 Å². The second-order valence-electron chi connectivity index (χ2n) is 9.52. The number of pyridine rings is 1. The molecule has 9 nitrogen and oxygen atoms in total. The minimum atomic E-state index is -0.360. The number of carbonyl (C=O) groups excluding carboxylic acids is 1. The second-order valence-corrected chi connectivity index (χ2v) is 9.52. The van der Waals surface area contributed by atoms with Crippen LogP contribution in [-0.2, 0) is 11.8 Å². The van der Waals surface area contributed by atoms with Crippen molar-refractivity contribution in [1.29, 1.82) is 0 Å². The first-order valence-corrected chi connectivity index (χ1v) is 11.1. The normalized spacial score (nSPS) is 16.4. The molecule has 0 saturated heterocycles. The highest BCUT2D eigenvalue weighted by Crippen LogP contribution is 2.33. The average Bonchev–Trinajstić information content (AvgIpc) is 3.37. The summed E-state index contributed by atoms with van der Waals surface area (Å²) in [5.41, 5.74) is 4.82. The van der Waals surface area contributed by atoms with Crippen LogP contribution in [0.25, 0.3) is 22.3 Å². The highest BCUT2D eigenvalue weighted by Gasteiger charge is 2.27. The Bertz CT molecular complexity index is 1390. The summed E-state index contributed by atoms with van der Waals surface area (Å²) in [4.78, 5) is 38.7. The van der Waals surface area contributed by atoms with E-state index in [0.29, 0.717) is 17.0 Å². The molecule has 4 aromatic rings. The van der Waals surface area contributed by atoms with Crippen molar-refractivity contribution in [3.8, 4) is 11.1 Å². The first-order valence-electron chi connectivity index (χ1n) is 11.1. The summed E-state index contributed by atoms with van der Waals surface area (Å²) >= 11 is 0. The number of imidazole rings is 1. The lowest BCUT2D eigenvalue weighted by Gasteiger charge is -2.19. The van der Waals surface area contributed by atoms with Gasteiger partial charge in [-0.2, -0.15) is 4.98 Å². The molecule has 1 aliphatic rings. The summed E-state index contributed by atoms with van der Waals surface area (Å²) in [7, 11) is 0. The SMILES string of the molecule is CC(C)(C)c1noc(C(=O)NC2CCCCc3cc(-c4ccnc5[nH]c(=O)[nH]c45)ccc32)n1. The molecule has 0 radical (unpaired) electrons. The smallest absolute Gasteiger partial charge is 0.325 e. The van der Waals surface area contributed by atoms with Gasteiger partial charge in [-0.15, -0.1) is 0 Å². The summed E-state index contributed by atoms with van der Waals surface area (Å²) in [6.07, 6.45) is 5.47. The Morgan fingerprint density at radius 3 is 2.82 bits per heavy atom. The summed E-state index contributed by atoms with van der Waals surface area (Å²) in [5, 5.41) is 7.05. The number of aromatic nitrogens is 5. The van der Waals surface area contributed by atoms with Crippen LogP contribution in [0.15, 0.2) is 39.8 Å². The molecule has 3 aromatic heterocycles. The molecular weight excluding hydrogens is 420 g/mol. The summed E-state index contributed by atoms with van der Waals surface area (Å²) in [5.74, 6) is 0.128. The molecule has 3 heterocycles. The number of aromatic amines is 2. The Balaban J connectivity index is 1.45. The molecule has 1 aromatic carbocycles. The Morgan fingerprint density at radius 2 is 2.03 bits per heavy atom. The Labute approximate surface area is 190 Å². The van der Waals surface area contributed by atoms with Gasteiger partial charge in [0.25, 0.3) is 0 Å². The van der Waals surface area contributed by atoms with E-state index in [0.717, 1.165) is 42.4 Å². The molecule has 1 atom stereocenters. The molecule has 0 bridgehead atoms. The van der Waals surface area contributed by atoms with E-state index in [2.05, 4.69) is 42.5 Å². The Hall–Kier alpha value is -3.75. The quantitative estimate of drug-likeness (QED) is 0.411. The van der Waals surface area contributed by atoms with E-state index in [1.54, 1.807) is 6.20 Å². The van der Waals surface area contributed by atoms with E-state index in [4.69, 9.17) is 4.52 Å². The lowest BCUT2D eigenvalue weighted by molar-refractivity contribution is 0.0890. The molecule has 9 heteroatoms. The third kappa shape index (κ3) is 4.06. The van der Waals surface area contributed by atoms with Crippen molar-refractivity contribution in [2.45, 2.75) is 57.9 Å². The molecule has 0 aliphatic heterocycles. The zero-order valence-corrected chi connectivity index (χ0v) is 18.9. The van der Waals surface area contributed by atoms with Crippen LogP contribution in [-0.4, -0.2) is 31.0 Å². The lowest BCUT2D eigenvalue weighted by Crippen LogP contribution is -2.29. The minimum Gasteiger partial charge on any atom is -0.341 e. The van der Waals surface area contributed by atoms with Crippen LogP contribution in [0.2, 0.25) is 0 Å². The monoisotopic (exact) mass is 446 g/mol. The maximum Gasteiger partial charge on any atom is 0.325 e. The number of nitrogens with one attached hydrogen (secondary N) is 3. The number of hydrogen-bond acceptors (Lipinski definition) is 6. The third-order valence-electron chi connectivity index (χ3n) is 6.04. The molecule has 3 N–H and O–H groups in total.